The lowest BCUT2D eigenvalue weighted by Crippen LogP contribution is -2.36. The smallest absolute Gasteiger partial charge is 0.255 e. The number of amides is 3. The molecule has 0 unspecified atom stereocenters. The first-order valence-electron chi connectivity index (χ1n) is 12.9. The number of ether oxygens (including phenoxy) is 1. The van der Waals surface area contributed by atoms with E-state index in [1.165, 1.54) is 7.11 Å². The van der Waals surface area contributed by atoms with E-state index < -0.39 is 0 Å². The molecule has 0 fully saturated rings. The summed E-state index contributed by atoms with van der Waals surface area (Å²) in [6.07, 6.45) is 1.97. The van der Waals surface area contributed by atoms with Gasteiger partial charge in [0, 0.05) is 43.7 Å². The Morgan fingerprint density at radius 2 is 1.66 bits per heavy atom. The van der Waals surface area contributed by atoms with Gasteiger partial charge in [0.05, 0.1) is 12.7 Å². The number of phenols is 1. The number of hydrogen-bond donors (Lipinski definition) is 3. The minimum atomic E-state index is -0.298. The van der Waals surface area contributed by atoms with Crippen molar-refractivity contribution in [3.05, 3.63) is 83.4 Å². The Bertz CT molecular complexity index is 1290. The number of nitrogens with one attached hydrogen (secondary N) is 2. The molecule has 0 atom stereocenters. The molecule has 198 valence electrons. The lowest BCUT2D eigenvalue weighted by molar-refractivity contribution is -0.121. The van der Waals surface area contributed by atoms with Crippen molar-refractivity contribution in [2.75, 3.05) is 33.3 Å². The van der Waals surface area contributed by atoms with Gasteiger partial charge in [-0.3, -0.25) is 14.4 Å². The van der Waals surface area contributed by atoms with Crippen LogP contribution >= 0.6 is 0 Å². The third-order valence-corrected chi connectivity index (χ3v) is 6.58. The number of carbonyl (C=O) groups is 3. The summed E-state index contributed by atoms with van der Waals surface area (Å²) in [5.74, 6) is 0.0607. The molecule has 0 saturated heterocycles. The maximum atomic E-state index is 13.1. The van der Waals surface area contributed by atoms with Gasteiger partial charge in [-0.2, -0.15) is 0 Å². The summed E-state index contributed by atoms with van der Waals surface area (Å²) in [4.78, 5) is 40.4. The molecule has 4 rings (SSSR count). The first kappa shape index (κ1) is 26.7. The van der Waals surface area contributed by atoms with Gasteiger partial charge in [0.25, 0.3) is 11.8 Å². The molecule has 8 heteroatoms. The van der Waals surface area contributed by atoms with Crippen molar-refractivity contribution in [1.82, 2.24) is 15.5 Å². The summed E-state index contributed by atoms with van der Waals surface area (Å²) >= 11 is 0. The quantitative estimate of drug-likeness (QED) is 0.482. The Labute approximate surface area is 222 Å². The van der Waals surface area contributed by atoms with E-state index in [4.69, 9.17) is 4.74 Å². The second-order valence-corrected chi connectivity index (χ2v) is 9.24. The standard InChI is InChI=1S/C30H33N3O5/c1-38-27-13-11-23-20-25(27)29(36)32-15-6-18-33(30(37)22-7-3-2-4-8-22)17-5-9-28(35)31-16-14-21-10-12-26(34)24(23)19-21/h2-4,7-8,10-13,19-20,34H,5-6,9,14-18H2,1H3,(H,31,35)(H,32,36). The lowest BCUT2D eigenvalue weighted by Gasteiger charge is -2.23. The second-order valence-electron chi connectivity index (χ2n) is 9.24. The number of methoxy groups -OCH3 is 1. The first-order valence-corrected chi connectivity index (χ1v) is 12.9. The predicted octanol–water partition coefficient (Wildman–Crippen LogP) is 3.78. The molecule has 3 aromatic rings. The number of nitrogens with zero attached hydrogens (tertiary/aromatic N) is 1. The third-order valence-electron chi connectivity index (χ3n) is 6.58. The molecular weight excluding hydrogens is 482 g/mol. The van der Waals surface area contributed by atoms with Crippen molar-refractivity contribution in [2.24, 2.45) is 0 Å². The van der Waals surface area contributed by atoms with Crippen molar-refractivity contribution in [3.63, 3.8) is 0 Å². The van der Waals surface area contributed by atoms with Gasteiger partial charge in [-0.1, -0.05) is 30.3 Å². The molecule has 4 bridgehead atoms. The maximum absolute atomic E-state index is 13.1. The third kappa shape index (κ3) is 6.70. The van der Waals surface area contributed by atoms with Crippen LogP contribution in [0.5, 0.6) is 11.5 Å². The van der Waals surface area contributed by atoms with E-state index in [9.17, 15) is 19.5 Å². The van der Waals surface area contributed by atoms with Gasteiger partial charge in [-0.05, 0) is 66.8 Å². The van der Waals surface area contributed by atoms with E-state index in [1.807, 2.05) is 30.3 Å². The van der Waals surface area contributed by atoms with E-state index >= 15 is 0 Å². The number of hydrogen-bond acceptors (Lipinski definition) is 5. The summed E-state index contributed by atoms with van der Waals surface area (Å²) in [6.45, 7) is 1.68. The number of phenolic OH excluding ortho intramolecular Hbond substituents is 1. The number of benzene rings is 3. The fourth-order valence-electron chi connectivity index (χ4n) is 4.53. The van der Waals surface area contributed by atoms with Gasteiger partial charge in [-0.25, -0.2) is 0 Å². The molecule has 1 heterocycles. The van der Waals surface area contributed by atoms with Crippen LogP contribution < -0.4 is 15.4 Å². The Hall–Kier alpha value is -4.33. The van der Waals surface area contributed by atoms with E-state index in [1.54, 1.807) is 41.3 Å². The molecule has 8 nitrogen and oxygen atoms in total. The fraction of sp³-hybridized carbons (Fsp3) is 0.300. The highest BCUT2D eigenvalue weighted by Crippen LogP contribution is 2.33. The molecule has 3 N–H and O–H groups in total. The Balaban J connectivity index is 1.58. The van der Waals surface area contributed by atoms with E-state index in [-0.39, 0.29) is 23.5 Å². The number of carbonyl (C=O) groups excluding carboxylic acids is 3. The summed E-state index contributed by atoms with van der Waals surface area (Å²) in [5.41, 5.74) is 3.16. The largest absolute Gasteiger partial charge is 0.507 e. The monoisotopic (exact) mass is 515 g/mol. The molecule has 0 spiro atoms. The molecule has 3 aromatic carbocycles. The molecule has 1 aliphatic rings. The van der Waals surface area contributed by atoms with Crippen molar-refractivity contribution in [1.29, 1.82) is 0 Å². The van der Waals surface area contributed by atoms with Crippen LogP contribution in [0, 0.1) is 0 Å². The van der Waals surface area contributed by atoms with E-state index in [2.05, 4.69) is 10.6 Å². The zero-order chi connectivity index (χ0) is 26.9. The lowest BCUT2D eigenvalue weighted by atomic mass is 9.98. The van der Waals surface area contributed by atoms with Gasteiger partial charge in [0.1, 0.15) is 11.5 Å². The zero-order valence-corrected chi connectivity index (χ0v) is 21.5. The topological polar surface area (TPSA) is 108 Å². The van der Waals surface area contributed by atoms with Crippen LogP contribution in [0.3, 0.4) is 0 Å². The van der Waals surface area contributed by atoms with Crippen molar-refractivity contribution in [2.45, 2.75) is 25.7 Å². The normalized spacial score (nSPS) is 15.3. The highest BCUT2D eigenvalue weighted by molar-refractivity contribution is 5.98. The molecule has 3 amide bonds. The van der Waals surface area contributed by atoms with Crippen LogP contribution in [0.2, 0.25) is 0 Å². The van der Waals surface area contributed by atoms with Crippen molar-refractivity contribution < 1.29 is 24.2 Å². The predicted molar refractivity (Wildman–Crippen MR) is 145 cm³/mol. The highest BCUT2D eigenvalue weighted by Gasteiger charge is 2.18. The van der Waals surface area contributed by atoms with Crippen LogP contribution in [0.15, 0.2) is 66.7 Å². The maximum Gasteiger partial charge on any atom is 0.255 e. The summed E-state index contributed by atoms with van der Waals surface area (Å²) in [5, 5.41) is 16.4. The number of rotatable bonds is 2. The van der Waals surface area contributed by atoms with Gasteiger partial charge in [0.2, 0.25) is 5.91 Å². The number of fused-ring (bicyclic) bond motifs is 5. The molecule has 0 aromatic heterocycles. The fourth-order valence-corrected chi connectivity index (χ4v) is 4.53. The average Bonchev–Trinajstić information content (AvgIpc) is 2.94. The minimum Gasteiger partial charge on any atom is -0.507 e. The van der Waals surface area contributed by atoms with Gasteiger partial charge in [-0.15, -0.1) is 0 Å². The number of aromatic hydroxyl groups is 1. The van der Waals surface area contributed by atoms with Gasteiger partial charge >= 0.3 is 0 Å². The van der Waals surface area contributed by atoms with Crippen LogP contribution in [0.1, 0.15) is 45.5 Å². The molecule has 38 heavy (non-hydrogen) atoms. The van der Waals surface area contributed by atoms with Gasteiger partial charge in [0.15, 0.2) is 0 Å². The first-order chi connectivity index (χ1) is 18.5. The highest BCUT2D eigenvalue weighted by atomic mass is 16.5. The van der Waals surface area contributed by atoms with Crippen LogP contribution in [-0.4, -0.2) is 61.0 Å². The Kier molecular flexibility index (Phi) is 8.98. The summed E-state index contributed by atoms with van der Waals surface area (Å²) in [7, 11) is 1.51. The van der Waals surface area contributed by atoms with Crippen LogP contribution in [-0.2, 0) is 11.2 Å². The van der Waals surface area contributed by atoms with Crippen molar-refractivity contribution >= 4 is 17.7 Å². The molecule has 1 aliphatic heterocycles. The Morgan fingerprint density at radius 1 is 0.868 bits per heavy atom. The van der Waals surface area contributed by atoms with E-state index in [0.717, 1.165) is 5.56 Å². The second kappa shape index (κ2) is 12.8. The SMILES string of the molecule is COc1ccc2cc1C(=O)NCCCN(C(=O)c1ccccc1)CCCC(=O)NCCc1ccc(O)c-2c1. The zero-order valence-electron chi connectivity index (χ0n) is 21.5. The minimum absolute atomic E-state index is 0.0684. The van der Waals surface area contributed by atoms with Crippen molar-refractivity contribution in [3.8, 4) is 22.6 Å². The van der Waals surface area contributed by atoms with Crippen LogP contribution in [0.4, 0.5) is 0 Å². The molecule has 0 aliphatic carbocycles. The van der Waals surface area contributed by atoms with E-state index in [0.29, 0.717) is 79.9 Å². The van der Waals surface area contributed by atoms with Crippen LogP contribution in [0.25, 0.3) is 11.1 Å². The average molecular weight is 516 g/mol. The summed E-state index contributed by atoms with van der Waals surface area (Å²) < 4.78 is 5.42. The van der Waals surface area contributed by atoms with Gasteiger partial charge < -0.3 is 25.4 Å². The summed E-state index contributed by atoms with van der Waals surface area (Å²) in [6, 6.07) is 19.6. The molecule has 0 radical (unpaired) electrons. The Morgan fingerprint density at radius 3 is 2.45 bits per heavy atom. The molecular formula is C30H33N3O5. The molecule has 0 saturated carbocycles.